The van der Waals surface area contributed by atoms with Crippen molar-refractivity contribution in [3.63, 3.8) is 0 Å². The zero-order chi connectivity index (χ0) is 17.0. The maximum absolute atomic E-state index is 12.0. The summed E-state index contributed by atoms with van der Waals surface area (Å²) in [6, 6.07) is 9.41. The number of alkyl halides is 3. The van der Waals surface area contributed by atoms with Crippen LogP contribution in [0.4, 0.5) is 18.9 Å². The van der Waals surface area contributed by atoms with Gasteiger partial charge in [0.1, 0.15) is 5.75 Å². The molecule has 0 saturated heterocycles. The van der Waals surface area contributed by atoms with Crippen LogP contribution in [-0.2, 0) is 0 Å². The number of nitrogens with one attached hydrogen (secondary N) is 2. The Balaban J connectivity index is 2.00. The molecule has 0 atom stereocenters. The average molecular weight is 365 g/mol. The molecule has 2 rings (SSSR count). The Hall–Kier alpha value is -2.12. The summed E-state index contributed by atoms with van der Waals surface area (Å²) in [6.07, 6.45) is -4.76. The van der Waals surface area contributed by atoms with Crippen LogP contribution in [0.3, 0.4) is 0 Å². The van der Waals surface area contributed by atoms with Crippen molar-refractivity contribution >= 4 is 34.8 Å². The van der Waals surface area contributed by atoms with Crippen molar-refractivity contribution in [3.05, 3.63) is 58.1 Å². The number of anilines is 1. The predicted molar refractivity (Wildman–Crippen MR) is 80.7 cm³/mol. The molecule has 0 bridgehead atoms. The van der Waals surface area contributed by atoms with E-state index in [1.54, 1.807) is 6.07 Å². The lowest BCUT2D eigenvalue weighted by Gasteiger charge is -2.12. The summed E-state index contributed by atoms with van der Waals surface area (Å²) < 4.78 is 39.9. The molecule has 9 heteroatoms. The van der Waals surface area contributed by atoms with E-state index in [2.05, 4.69) is 15.6 Å². The van der Waals surface area contributed by atoms with Gasteiger partial charge in [0.15, 0.2) is 0 Å². The fraction of sp³-hybridized carbons (Fsp3) is 0.0714. The second kappa shape index (κ2) is 6.97. The van der Waals surface area contributed by atoms with Crippen molar-refractivity contribution in [2.75, 3.05) is 5.43 Å². The van der Waals surface area contributed by atoms with E-state index in [1.165, 1.54) is 24.3 Å². The predicted octanol–water partition coefficient (Wildman–Crippen LogP) is 4.65. The molecular formula is C14H9Cl2F3N2O2. The molecule has 1 amide bonds. The molecule has 4 nitrogen and oxygen atoms in total. The maximum Gasteiger partial charge on any atom is 0.573 e. The Bertz CT molecular complexity index is 686. The van der Waals surface area contributed by atoms with Gasteiger partial charge in [-0.05, 0) is 36.4 Å². The monoisotopic (exact) mass is 364 g/mol. The first-order valence-corrected chi connectivity index (χ1v) is 6.88. The minimum atomic E-state index is -4.76. The van der Waals surface area contributed by atoms with Gasteiger partial charge in [-0.3, -0.25) is 15.6 Å². The summed E-state index contributed by atoms with van der Waals surface area (Å²) in [5.41, 5.74) is 5.30. The molecule has 2 aromatic carbocycles. The van der Waals surface area contributed by atoms with Crippen LogP contribution in [0.1, 0.15) is 10.4 Å². The first-order chi connectivity index (χ1) is 10.8. The van der Waals surface area contributed by atoms with E-state index in [0.717, 1.165) is 12.1 Å². The summed E-state index contributed by atoms with van der Waals surface area (Å²) in [4.78, 5) is 12.0. The summed E-state index contributed by atoms with van der Waals surface area (Å²) in [5, 5.41) is 0.344. The zero-order valence-corrected chi connectivity index (χ0v) is 12.8. The van der Waals surface area contributed by atoms with Gasteiger partial charge in [0.05, 0.1) is 21.3 Å². The summed E-state index contributed by atoms with van der Waals surface area (Å²) in [5.74, 6) is -0.959. The van der Waals surface area contributed by atoms with Gasteiger partial charge in [-0.15, -0.1) is 13.2 Å². The average Bonchev–Trinajstić information content (AvgIpc) is 2.45. The number of hydrazine groups is 1. The van der Waals surface area contributed by atoms with Crippen LogP contribution in [-0.4, -0.2) is 12.3 Å². The van der Waals surface area contributed by atoms with Crippen molar-refractivity contribution in [1.29, 1.82) is 0 Å². The Kier molecular flexibility index (Phi) is 5.23. The molecule has 0 heterocycles. The number of halogens is 5. The van der Waals surface area contributed by atoms with Crippen molar-refractivity contribution in [2.45, 2.75) is 6.36 Å². The number of hydrogen-bond acceptors (Lipinski definition) is 3. The number of carbonyl (C=O) groups is 1. The largest absolute Gasteiger partial charge is 0.573 e. The number of benzene rings is 2. The lowest BCUT2D eigenvalue weighted by atomic mass is 10.2. The zero-order valence-electron chi connectivity index (χ0n) is 11.2. The Morgan fingerprint density at radius 2 is 1.57 bits per heavy atom. The van der Waals surface area contributed by atoms with Crippen LogP contribution in [0.5, 0.6) is 5.75 Å². The highest BCUT2D eigenvalue weighted by molar-refractivity contribution is 6.39. The molecule has 0 aromatic heterocycles. The summed E-state index contributed by atoms with van der Waals surface area (Å²) >= 11 is 11.8. The van der Waals surface area contributed by atoms with E-state index in [-0.39, 0.29) is 21.4 Å². The quantitative estimate of drug-likeness (QED) is 0.776. The van der Waals surface area contributed by atoms with Gasteiger partial charge in [-0.25, -0.2) is 0 Å². The molecule has 2 aromatic rings. The lowest BCUT2D eigenvalue weighted by molar-refractivity contribution is -0.274. The van der Waals surface area contributed by atoms with Crippen LogP contribution in [0.15, 0.2) is 42.5 Å². The topological polar surface area (TPSA) is 50.4 Å². The molecule has 0 aliphatic rings. The SMILES string of the molecule is O=C(NNc1ccc(OC(F)(F)F)cc1)c1c(Cl)cccc1Cl. The molecule has 0 unspecified atom stereocenters. The van der Waals surface area contributed by atoms with Crippen molar-refractivity contribution in [3.8, 4) is 5.75 Å². The van der Waals surface area contributed by atoms with E-state index in [1.807, 2.05) is 0 Å². The van der Waals surface area contributed by atoms with Gasteiger partial charge < -0.3 is 4.74 Å². The molecule has 23 heavy (non-hydrogen) atoms. The third-order valence-corrected chi connectivity index (χ3v) is 3.23. The number of amides is 1. The molecule has 0 aliphatic carbocycles. The fourth-order valence-electron chi connectivity index (χ4n) is 1.65. The number of ether oxygens (including phenoxy) is 1. The standard InChI is InChI=1S/C14H9Cl2F3N2O2/c15-10-2-1-3-11(16)12(10)13(22)21-20-8-4-6-9(7-5-8)23-14(17,18)19/h1-7,20H,(H,21,22). The molecule has 122 valence electrons. The molecule has 0 saturated carbocycles. The Morgan fingerprint density at radius 1 is 1.00 bits per heavy atom. The van der Waals surface area contributed by atoms with E-state index in [0.29, 0.717) is 5.69 Å². The Morgan fingerprint density at radius 3 is 2.09 bits per heavy atom. The van der Waals surface area contributed by atoms with Gasteiger partial charge in [0, 0.05) is 0 Å². The first kappa shape index (κ1) is 17.2. The van der Waals surface area contributed by atoms with Crippen molar-refractivity contribution in [1.82, 2.24) is 5.43 Å². The van der Waals surface area contributed by atoms with Gasteiger partial charge in [-0.1, -0.05) is 29.3 Å². The van der Waals surface area contributed by atoms with E-state index >= 15 is 0 Å². The van der Waals surface area contributed by atoms with E-state index in [9.17, 15) is 18.0 Å². The lowest BCUT2D eigenvalue weighted by Crippen LogP contribution is -2.29. The highest BCUT2D eigenvalue weighted by atomic mass is 35.5. The van der Waals surface area contributed by atoms with Crippen LogP contribution in [0.25, 0.3) is 0 Å². The van der Waals surface area contributed by atoms with E-state index < -0.39 is 12.3 Å². The second-order valence-corrected chi connectivity index (χ2v) is 5.06. The van der Waals surface area contributed by atoms with Crippen LogP contribution >= 0.6 is 23.2 Å². The van der Waals surface area contributed by atoms with E-state index in [4.69, 9.17) is 23.2 Å². The van der Waals surface area contributed by atoms with Gasteiger partial charge in [-0.2, -0.15) is 0 Å². The van der Waals surface area contributed by atoms with Gasteiger partial charge in [0.25, 0.3) is 5.91 Å². The Labute approximate surface area is 139 Å². The second-order valence-electron chi connectivity index (χ2n) is 4.25. The minimum absolute atomic E-state index is 0.0837. The molecule has 0 radical (unpaired) electrons. The molecule has 0 spiro atoms. The van der Waals surface area contributed by atoms with Crippen molar-refractivity contribution < 1.29 is 22.7 Å². The minimum Gasteiger partial charge on any atom is -0.406 e. The number of hydrogen-bond donors (Lipinski definition) is 2. The third-order valence-electron chi connectivity index (χ3n) is 2.60. The maximum atomic E-state index is 12.0. The summed E-state index contributed by atoms with van der Waals surface area (Å²) in [7, 11) is 0. The van der Waals surface area contributed by atoms with Gasteiger partial charge in [0.2, 0.25) is 0 Å². The number of carbonyl (C=O) groups excluding carboxylic acids is 1. The molecule has 0 aliphatic heterocycles. The number of rotatable bonds is 4. The smallest absolute Gasteiger partial charge is 0.406 e. The molecule has 0 fully saturated rings. The highest BCUT2D eigenvalue weighted by Crippen LogP contribution is 2.25. The fourth-order valence-corrected chi connectivity index (χ4v) is 2.22. The first-order valence-electron chi connectivity index (χ1n) is 6.12. The van der Waals surface area contributed by atoms with Crippen LogP contribution in [0.2, 0.25) is 10.0 Å². The summed E-state index contributed by atoms with van der Waals surface area (Å²) in [6.45, 7) is 0. The molecular weight excluding hydrogens is 356 g/mol. The normalized spacial score (nSPS) is 11.0. The van der Waals surface area contributed by atoms with Crippen LogP contribution in [0, 0.1) is 0 Å². The third kappa shape index (κ3) is 4.94. The molecule has 2 N–H and O–H groups in total. The van der Waals surface area contributed by atoms with Gasteiger partial charge >= 0.3 is 6.36 Å². The van der Waals surface area contributed by atoms with Crippen molar-refractivity contribution in [2.24, 2.45) is 0 Å². The highest BCUT2D eigenvalue weighted by Gasteiger charge is 2.30. The van der Waals surface area contributed by atoms with Crippen LogP contribution < -0.4 is 15.6 Å².